The SMILES string of the molecule is C=CCC(C)N1CC(C)C(=O)NC1=O. The summed E-state index contributed by atoms with van der Waals surface area (Å²) in [6, 6.07) is -0.189. The lowest BCUT2D eigenvalue weighted by molar-refractivity contribution is -0.125. The minimum Gasteiger partial charge on any atom is -0.321 e. The zero-order chi connectivity index (χ0) is 10.7. The minimum absolute atomic E-state index is 0.100. The van der Waals surface area contributed by atoms with Crippen LogP contribution in [-0.4, -0.2) is 29.4 Å². The Morgan fingerprint density at radius 1 is 1.71 bits per heavy atom. The molecule has 2 atom stereocenters. The summed E-state index contributed by atoms with van der Waals surface area (Å²) >= 11 is 0. The van der Waals surface area contributed by atoms with Gasteiger partial charge in [0.2, 0.25) is 5.91 Å². The second-order valence-electron chi connectivity index (χ2n) is 3.72. The summed E-state index contributed by atoms with van der Waals surface area (Å²) in [6.45, 7) is 7.89. The molecule has 0 saturated carbocycles. The molecule has 2 unspecified atom stereocenters. The lowest BCUT2D eigenvalue weighted by atomic mass is 10.1. The number of hydrogen-bond donors (Lipinski definition) is 1. The maximum Gasteiger partial charge on any atom is 0.324 e. The lowest BCUT2D eigenvalue weighted by Crippen LogP contribution is -2.56. The predicted molar refractivity (Wildman–Crippen MR) is 53.7 cm³/mol. The molecule has 1 N–H and O–H groups in total. The zero-order valence-electron chi connectivity index (χ0n) is 8.62. The molecule has 1 fully saturated rings. The fraction of sp³-hybridized carbons (Fsp3) is 0.600. The van der Waals surface area contributed by atoms with E-state index in [2.05, 4.69) is 11.9 Å². The molecular weight excluding hydrogens is 180 g/mol. The summed E-state index contributed by atoms with van der Waals surface area (Å²) in [6.07, 6.45) is 2.52. The maximum atomic E-state index is 11.4. The molecule has 1 saturated heterocycles. The largest absolute Gasteiger partial charge is 0.324 e. The third kappa shape index (κ3) is 2.13. The molecule has 0 aliphatic carbocycles. The molecule has 4 nitrogen and oxygen atoms in total. The number of amides is 3. The third-order valence-electron chi connectivity index (χ3n) is 2.45. The van der Waals surface area contributed by atoms with Gasteiger partial charge in [-0.1, -0.05) is 13.0 Å². The molecule has 4 heteroatoms. The van der Waals surface area contributed by atoms with Crippen molar-refractivity contribution < 1.29 is 9.59 Å². The van der Waals surface area contributed by atoms with Gasteiger partial charge in [-0.3, -0.25) is 10.1 Å². The Bertz CT molecular complexity index is 263. The lowest BCUT2D eigenvalue weighted by Gasteiger charge is -2.34. The standard InChI is InChI=1S/C10H16N2O2/c1-4-5-8(3)12-6-7(2)9(13)11-10(12)14/h4,7-8H,1,5-6H2,2-3H3,(H,11,13,14). The first-order valence-electron chi connectivity index (χ1n) is 4.78. The number of imide groups is 1. The average Bonchev–Trinajstić information content (AvgIpc) is 2.11. The highest BCUT2D eigenvalue weighted by Crippen LogP contribution is 2.13. The van der Waals surface area contributed by atoms with Crippen LogP contribution in [0.5, 0.6) is 0 Å². The Balaban J connectivity index is 2.65. The van der Waals surface area contributed by atoms with Crippen molar-refractivity contribution in [1.82, 2.24) is 10.2 Å². The zero-order valence-corrected chi connectivity index (χ0v) is 8.62. The summed E-state index contributed by atoms with van der Waals surface area (Å²) in [5.74, 6) is -0.308. The van der Waals surface area contributed by atoms with Crippen LogP contribution in [0.25, 0.3) is 0 Å². The number of urea groups is 1. The van der Waals surface area contributed by atoms with Gasteiger partial charge in [-0.15, -0.1) is 6.58 Å². The van der Waals surface area contributed by atoms with Gasteiger partial charge in [0, 0.05) is 12.6 Å². The van der Waals surface area contributed by atoms with Crippen molar-refractivity contribution >= 4 is 11.9 Å². The van der Waals surface area contributed by atoms with Gasteiger partial charge in [-0.25, -0.2) is 4.79 Å². The molecule has 3 amide bonds. The Kier molecular flexibility index (Phi) is 3.28. The smallest absolute Gasteiger partial charge is 0.321 e. The summed E-state index contributed by atoms with van der Waals surface area (Å²) in [7, 11) is 0. The van der Waals surface area contributed by atoms with Crippen LogP contribution < -0.4 is 5.32 Å². The van der Waals surface area contributed by atoms with Crippen LogP contribution in [-0.2, 0) is 4.79 Å². The first kappa shape index (κ1) is 10.8. The van der Waals surface area contributed by atoms with E-state index in [0.717, 1.165) is 6.42 Å². The number of carbonyl (C=O) groups is 2. The van der Waals surface area contributed by atoms with E-state index in [0.29, 0.717) is 6.54 Å². The highest BCUT2D eigenvalue weighted by Gasteiger charge is 2.31. The van der Waals surface area contributed by atoms with Crippen molar-refractivity contribution in [3.63, 3.8) is 0 Å². The Hall–Kier alpha value is -1.32. The van der Waals surface area contributed by atoms with E-state index in [1.165, 1.54) is 0 Å². The van der Waals surface area contributed by atoms with Gasteiger partial charge in [0.25, 0.3) is 0 Å². The van der Waals surface area contributed by atoms with Crippen LogP contribution in [0.4, 0.5) is 4.79 Å². The van der Waals surface area contributed by atoms with E-state index in [1.807, 2.05) is 13.8 Å². The highest BCUT2D eigenvalue weighted by atomic mass is 16.2. The van der Waals surface area contributed by atoms with Crippen LogP contribution in [0.2, 0.25) is 0 Å². The second kappa shape index (κ2) is 4.26. The molecule has 1 rings (SSSR count). The van der Waals surface area contributed by atoms with E-state index in [-0.39, 0.29) is 23.9 Å². The number of nitrogens with zero attached hydrogens (tertiary/aromatic N) is 1. The molecular formula is C10H16N2O2. The van der Waals surface area contributed by atoms with Crippen molar-refractivity contribution in [2.75, 3.05) is 6.54 Å². The maximum absolute atomic E-state index is 11.4. The summed E-state index contributed by atoms with van der Waals surface area (Å²) in [5, 5.41) is 2.33. The van der Waals surface area contributed by atoms with Crippen molar-refractivity contribution in [3.05, 3.63) is 12.7 Å². The second-order valence-corrected chi connectivity index (χ2v) is 3.72. The molecule has 14 heavy (non-hydrogen) atoms. The molecule has 1 aliphatic heterocycles. The topological polar surface area (TPSA) is 49.4 Å². The van der Waals surface area contributed by atoms with Crippen molar-refractivity contribution in [3.8, 4) is 0 Å². The molecule has 78 valence electrons. The fourth-order valence-electron chi connectivity index (χ4n) is 1.51. The van der Waals surface area contributed by atoms with Crippen LogP contribution in [0.3, 0.4) is 0 Å². The van der Waals surface area contributed by atoms with Gasteiger partial charge in [-0.05, 0) is 13.3 Å². The van der Waals surface area contributed by atoms with Crippen LogP contribution in [0, 0.1) is 5.92 Å². The van der Waals surface area contributed by atoms with Gasteiger partial charge in [0.05, 0.1) is 5.92 Å². The van der Waals surface area contributed by atoms with Gasteiger partial charge in [0.1, 0.15) is 0 Å². The van der Waals surface area contributed by atoms with E-state index in [4.69, 9.17) is 0 Å². The summed E-state index contributed by atoms with van der Waals surface area (Å²) in [5.41, 5.74) is 0. The van der Waals surface area contributed by atoms with Crippen LogP contribution in [0.1, 0.15) is 20.3 Å². The molecule has 0 radical (unpaired) electrons. The number of hydrogen-bond acceptors (Lipinski definition) is 2. The molecule has 1 aliphatic rings. The third-order valence-corrected chi connectivity index (χ3v) is 2.45. The average molecular weight is 196 g/mol. The first-order chi connectivity index (χ1) is 6.56. The molecule has 0 aromatic carbocycles. The molecule has 0 bridgehead atoms. The van der Waals surface area contributed by atoms with Crippen molar-refractivity contribution in [2.45, 2.75) is 26.3 Å². The monoisotopic (exact) mass is 196 g/mol. The molecule has 0 spiro atoms. The van der Waals surface area contributed by atoms with E-state index in [1.54, 1.807) is 11.0 Å². The van der Waals surface area contributed by atoms with Crippen molar-refractivity contribution in [2.24, 2.45) is 5.92 Å². The Labute approximate surface area is 84.0 Å². The van der Waals surface area contributed by atoms with Crippen molar-refractivity contribution in [1.29, 1.82) is 0 Å². The number of carbonyl (C=O) groups excluding carboxylic acids is 2. The van der Waals surface area contributed by atoms with Gasteiger partial charge < -0.3 is 4.90 Å². The fourth-order valence-corrected chi connectivity index (χ4v) is 1.51. The Morgan fingerprint density at radius 3 is 2.93 bits per heavy atom. The summed E-state index contributed by atoms with van der Waals surface area (Å²) < 4.78 is 0. The quantitative estimate of drug-likeness (QED) is 0.688. The Morgan fingerprint density at radius 2 is 2.36 bits per heavy atom. The molecule has 0 aromatic heterocycles. The minimum atomic E-state index is -0.289. The van der Waals surface area contributed by atoms with E-state index in [9.17, 15) is 9.59 Å². The van der Waals surface area contributed by atoms with E-state index >= 15 is 0 Å². The van der Waals surface area contributed by atoms with Crippen LogP contribution >= 0.6 is 0 Å². The normalized spacial score (nSPS) is 24.4. The number of nitrogens with one attached hydrogen (secondary N) is 1. The summed E-state index contributed by atoms with van der Waals surface area (Å²) in [4.78, 5) is 24.3. The van der Waals surface area contributed by atoms with Gasteiger partial charge in [0.15, 0.2) is 0 Å². The van der Waals surface area contributed by atoms with E-state index < -0.39 is 0 Å². The molecule has 1 heterocycles. The number of rotatable bonds is 3. The highest BCUT2D eigenvalue weighted by molar-refractivity contribution is 5.97. The molecule has 0 aromatic rings. The van der Waals surface area contributed by atoms with Crippen LogP contribution in [0.15, 0.2) is 12.7 Å². The first-order valence-corrected chi connectivity index (χ1v) is 4.78. The van der Waals surface area contributed by atoms with Gasteiger partial charge >= 0.3 is 6.03 Å². The predicted octanol–water partition coefficient (Wildman–Crippen LogP) is 1.14. The van der Waals surface area contributed by atoms with Gasteiger partial charge in [-0.2, -0.15) is 0 Å².